The molecule has 0 aliphatic heterocycles. The van der Waals surface area contributed by atoms with Crippen LogP contribution in [0.25, 0.3) is 0 Å². The zero-order chi connectivity index (χ0) is 23.5. The van der Waals surface area contributed by atoms with Gasteiger partial charge in [-0.05, 0) is 45.1 Å². The molecule has 32 heavy (non-hydrogen) atoms. The van der Waals surface area contributed by atoms with Crippen LogP contribution in [0.5, 0.6) is 0 Å². The number of thiophene rings is 1. The molecule has 0 bridgehead atoms. The van der Waals surface area contributed by atoms with Gasteiger partial charge in [0, 0.05) is 11.3 Å². The molecule has 7 nitrogen and oxygen atoms in total. The van der Waals surface area contributed by atoms with Crippen molar-refractivity contribution in [2.24, 2.45) is 0 Å². The Bertz CT molecular complexity index is 1090. The first-order valence-electron chi connectivity index (χ1n) is 9.75. The molecule has 0 atom stereocenters. The molecule has 0 radical (unpaired) electrons. The van der Waals surface area contributed by atoms with E-state index in [4.69, 9.17) is 4.74 Å². The maximum atomic E-state index is 13.4. The van der Waals surface area contributed by atoms with Crippen LogP contribution in [-0.2, 0) is 28.5 Å². The molecule has 0 aromatic carbocycles. The van der Waals surface area contributed by atoms with Crippen molar-refractivity contribution >= 4 is 40.0 Å². The number of nitrogens with one attached hydrogen (secondary N) is 1. The number of aryl methyl sites for hydroxylation is 1. The number of carbonyl (C=O) groups is 2. The Balaban J connectivity index is 1.75. The van der Waals surface area contributed by atoms with Gasteiger partial charge in [-0.25, -0.2) is 14.8 Å². The van der Waals surface area contributed by atoms with Gasteiger partial charge in [0.1, 0.15) is 15.9 Å². The van der Waals surface area contributed by atoms with Crippen LogP contribution >= 0.6 is 23.1 Å². The van der Waals surface area contributed by atoms with E-state index >= 15 is 0 Å². The summed E-state index contributed by atoms with van der Waals surface area (Å²) >= 11 is 1.70. The molecule has 0 spiro atoms. The fourth-order valence-corrected chi connectivity index (χ4v) is 5.02. The van der Waals surface area contributed by atoms with Crippen LogP contribution in [0.3, 0.4) is 0 Å². The Labute approximate surface area is 190 Å². The van der Waals surface area contributed by atoms with Crippen molar-refractivity contribution in [3.05, 3.63) is 33.0 Å². The lowest BCUT2D eigenvalue weighted by molar-refractivity contribution is -0.142. The number of hydrogen-bond donors (Lipinski definition) is 1. The molecule has 2 aromatic heterocycles. The molecule has 3 rings (SSSR count). The van der Waals surface area contributed by atoms with Crippen molar-refractivity contribution in [3.8, 4) is 6.07 Å². The van der Waals surface area contributed by atoms with Crippen molar-refractivity contribution in [2.75, 3.05) is 17.7 Å². The third-order valence-electron chi connectivity index (χ3n) is 4.74. The van der Waals surface area contributed by atoms with Gasteiger partial charge in [0.2, 0.25) is 5.91 Å². The number of esters is 1. The molecule has 1 N–H and O–H groups in total. The van der Waals surface area contributed by atoms with E-state index in [1.165, 1.54) is 0 Å². The van der Waals surface area contributed by atoms with Crippen LogP contribution in [0.4, 0.5) is 18.2 Å². The summed E-state index contributed by atoms with van der Waals surface area (Å²) in [6.07, 6.45) is -2.46. The summed E-state index contributed by atoms with van der Waals surface area (Å²) in [4.78, 5) is 32.5. The monoisotopic (exact) mass is 484 g/mol. The maximum absolute atomic E-state index is 13.4. The quantitative estimate of drug-likeness (QED) is 0.365. The van der Waals surface area contributed by atoms with E-state index in [-0.39, 0.29) is 44.9 Å². The number of fused-ring (bicyclic) bond motifs is 1. The number of ether oxygens (including phenoxy) is 1. The number of alkyl halides is 3. The summed E-state index contributed by atoms with van der Waals surface area (Å²) in [6.45, 7) is 3.39. The minimum Gasteiger partial charge on any atom is -0.462 e. The minimum atomic E-state index is -4.60. The lowest BCUT2D eigenvalue weighted by atomic mass is 9.94. The predicted octanol–water partition coefficient (Wildman–Crippen LogP) is 4.52. The van der Waals surface area contributed by atoms with E-state index in [1.807, 2.05) is 6.07 Å². The van der Waals surface area contributed by atoms with Gasteiger partial charge in [0.05, 0.1) is 17.9 Å². The highest BCUT2D eigenvalue weighted by molar-refractivity contribution is 7.99. The summed E-state index contributed by atoms with van der Waals surface area (Å²) in [6, 6.07) is 1.95. The highest BCUT2D eigenvalue weighted by Crippen LogP contribution is 2.36. The summed E-state index contributed by atoms with van der Waals surface area (Å²) < 4.78 is 45.3. The number of aromatic nitrogens is 2. The van der Waals surface area contributed by atoms with Crippen LogP contribution in [0.2, 0.25) is 0 Å². The normalized spacial score (nSPS) is 13.2. The van der Waals surface area contributed by atoms with E-state index in [0.29, 0.717) is 24.1 Å². The Morgan fingerprint density at radius 3 is 2.66 bits per heavy atom. The van der Waals surface area contributed by atoms with Gasteiger partial charge in [-0.1, -0.05) is 11.8 Å². The SMILES string of the molecule is CCOC(=O)c1sc(NC(=O)CSc2nc3c(c(C(F)(F)F)n2)CCCC3)c(C#N)c1C. The van der Waals surface area contributed by atoms with Gasteiger partial charge in [0.25, 0.3) is 0 Å². The molecule has 2 aromatic rings. The first-order chi connectivity index (χ1) is 15.2. The number of nitrogens with zero attached hydrogens (tertiary/aromatic N) is 3. The van der Waals surface area contributed by atoms with Gasteiger partial charge in [-0.2, -0.15) is 18.4 Å². The van der Waals surface area contributed by atoms with Gasteiger partial charge in [-0.3, -0.25) is 4.79 Å². The van der Waals surface area contributed by atoms with E-state index in [2.05, 4.69) is 15.3 Å². The van der Waals surface area contributed by atoms with E-state index in [0.717, 1.165) is 29.5 Å². The van der Waals surface area contributed by atoms with Crippen molar-refractivity contribution in [1.29, 1.82) is 5.26 Å². The first-order valence-corrected chi connectivity index (χ1v) is 11.6. The summed E-state index contributed by atoms with van der Waals surface area (Å²) in [5, 5.41) is 12.0. The highest BCUT2D eigenvalue weighted by atomic mass is 32.2. The largest absolute Gasteiger partial charge is 0.462 e. The highest BCUT2D eigenvalue weighted by Gasteiger charge is 2.38. The molecule has 0 saturated carbocycles. The Hall–Kier alpha value is -2.65. The number of halogens is 3. The lowest BCUT2D eigenvalue weighted by Crippen LogP contribution is -2.20. The molecular formula is C20H19F3N4O3S2. The second-order valence-electron chi connectivity index (χ2n) is 6.91. The molecule has 170 valence electrons. The van der Waals surface area contributed by atoms with Crippen LogP contribution in [0.1, 0.15) is 57.5 Å². The Morgan fingerprint density at radius 1 is 1.28 bits per heavy atom. The average Bonchev–Trinajstić information content (AvgIpc) is 3.06. The number of carbonyl (C=O) groups excluding carboxylic acids is 2. The number of hydrogen-bond acceptors (Lipinski definition) is 8. The number of rotatable bonds is 6. The van der Waals surface area contributed by atoms with Gasteiger partial charge >= 0.3 is 12.1 Å². The van der Waals surface area contributed by atoms with Crippen molar-refractivity contribution in [2.45, 2.75) is 50.9 Å². The topological polar surface area (TPSA) is 105 Å². The van der Waals surface area contributed by atoms with E-state index in [1.54, 1.807) is 13.8 Å². The van der Waals surface area contributed by atoms with Gasteiger partial charge < -0.3 is 10.1 Å². The molecule has 1 aliphatic carbocycles. The van der Waals surface area contributed by atoms with Crippen molar-refractivity contribution < 1.29 is 27.5 Å². The third-order valence-corrected chi connectivity index (χ3v) is 6.77. The second kappa shape index (κ2) is 9.87. The van der Waals surface area contributed by atoms with E-state index < -0.39 is 23.7 Å². The smallest absolute Gasteiger partial charge is 0.433 e. The molecule has 1 amide bonds. The predicted molar refractivity (Wildman–Crippen MR) is 113 cm³/mol. The lowest BCUT2D eigenvalue weighted by Gasteiger charge is -2.20. The fraction of sp³-hybridized carbons (Fsp3) is 0.450. The molecule has 0 fully saturated rings. The third kappa shape index (κ3) is 5.21. The zero-order valence-electron chi connectivity index (χ0n) is 17.3. The molecule has 0 saturated heterocycles. The molecule has 12 heteroatoms. The summed E-state index contributed by atoms with van der Waals surface area (Å²) in [5.41, 5.74) is 0.107. The zero-order valence-corrected chi connectivity index (χ0v) is 18.9. The van der Waals surface area contributed by atoms with Crippen LogP contribution in [0.15, 0.2) is 5.16 Å². The van der Waals surface area contributed by atoms with Crippen molar-refractivity contribution in [1.82, 2.24) is 9.97 Å². The van der Waals surface area contributed by atoms with Crippen LogP contribution < -0.4 is 5.32 Å². The molecule has 0 unspecified atom stereocenters. The summed E-state index contributed by atoms with van der Waals surface area (Å²) in [7, 11) is 0. The van der Waals surface area contributed by atoms with Crippen LogP contribution in [-0.4, -0.2) is 34.2 Å². The molecular weight excluding hydrogens is 465 g/mol. The van der Waals surface area contributed by atoms with Gasteiger partial charge in [-0.15, -0.1) is 11.3 Å². The Morgan fingerprint density at radius 2 is 2.00 bits per heavy atom. The fourth-order valence-electron chi connectivity index (χ4n) is 3.29. The molecule has 1 aliphatic rings. The van der Waals surface area contributed by atoms with Gasteiger partial charge in [0.15, 0.2) is 10.9 Å². The van der Waals surface area contributed by atoms with E-state index in [9.17, 15) is 28.0 Å². The van der Waals surface area contributed by atoms with Crippen LogP contribution in [0, 0.1) is 18.3 Å². The molecule has 2 heterocycles. The minimum absolute atomic E-state index is 0.122. The standard InChI is InChI=1S/C20H19F3N4O3S2/c1-3-30-18(29)15-10(2)12(8-24)17(32-15)26-14(28)9-31-19-25-13-7-5-4-6-11(13)16(27-19)20(21,22)23/h3-7,9H2,1-2H3,(H,26,28). The number of thioether (sulfide) groups is 1. The first kappa shape index (κ1) is 24.0. The maximum Gasteiger partial charge on any atom is 0.433 e. The number of anilines is 1. The summed E-state index contributed by atoms with van der Waals surface area (Å²) in [5.74, 6) is -1.41. The number of amides is 1. The van der Waals surface area contributed by atoms with Crippen molar-refractivity contribution in [3.63, 3.8) is 0 Å². The average molecular weight is 485 g/mol. The Kier molecular flexibility index (Phi) is 7.40. The number of nitriles is 1. The second-order valence-corrected chi connectivity index (χ2v) is 8.88.